The van der Waals surface area contributed by atoms with Crippen LogP contribution in [0.3, 0.4) is 0 Å². The number of benzene rings is 2. The molecule has 0 radical (unpaired) electrons. The number of ether oxygens (including phenoxy) is 2. The third-order valence-corrected chi connectivity index (χ3v) is 6.02. The van der Waals surface area contributed by atoms with Crippen LogP contribution < -0.4 is 9.47 Å². The van der Waals surface area contributed by atoms with Crippen LogP contribution in [-0.4, -0.2) is 48.0 Å². The first-order chi connectivity index (χ1) is 14.7. The highest BCUT2D eigenvalue weighted by Gasteiger charge is 2.36. The van der Waals surface area contributed by atoms with E-state index in [1.165, 1.54) is 12.1 Å². The van der Waals surface area contributed by atoms with E-state index in [0.717, 1.165) is 24.1 Å². The normalized spacial score (nSPS) is 20.2. The van der Waals surface area contributed by atoms with E-state index >= 15 is 0 Å². The molecule has 8 heteroatoms. The third kappa shape index (κ3) is 4.97. The number of piperidine rings is 1. The van der Waals surface area contributed by atoms with Crippen molar-refractivity contribution in [3.63, 3.8) is 0 Å². The van der Waals surface area contributed by atoms with Crippen LogP contribution in [0.2, 0.25) is 0 Å². The van der Waals surface area contributed by atoms with Crippen LogP contribution in [0, 0.1) is 0 Å². The van der Waals surface area contributed by atoms with Gasteiger partial charge in [0.15, 0.2) is 11.5 Å². The number of β-amino-alcohol motifs (C(OH)–C–C–N with tert-alkyl or cyclic N) is 1. The summed E-state index contributed by atoms with van der Waals surface area (Å²) in [6, 6.07) is 10.1. The van der Waals surface area contributed by atoms with Gasteiger partial charge < -0.3 is 24.6 Å². The van der Waals surface area contributed by atoms with Gasteiger partial charge in [-0.05, 0) is 48.2 Å². The average molecular weight is 437 g/mol. The molecule has 2 N–H and O–H groups in total. The van der Waals surface area contributed by atoms with E-state index in [9.17, 15) is 23.4 Å². The number of nitrogens with zero attached hydrogens (tertiary/aromatic N) is 1. The number of alkyl halides is 3. The minimum absolute atomic E-state index is 0.381. The van der Waals surface area contributed by atoms with Gasteiger partial charge in [-0.3, -0.25) is 0 Å². The number of hydrogen-bond acceptors (Lipinski definition) is 5. The molecule has 0 aliphatic carbocycles. The van der Waals surface area contributed by atoms with Gasteiger partial charge in [0.2, 0.25) is 0 Å². The number of halogens is 3. The van der Waals surface area contributed by atoms with Crippen molar-refractivity contribution in [1.82, 2.24) is 4.90 Å². The van der Waals surface area contributed by atoms with Crippen LogP contribution >= 0.6 is 0 Å². The molecule has 0 saturated carbocycles. The summed E-state index contributed by atoms with van der Waals surface area (Å²) in [5.41, 5.74) is -0.673. The van der Waals surface area contributed by atoms with E-state index in [2.05, 4.69) is 0 Å². The van der Waals surface area contributed by atoms with E-state index in [-0.39, 0.29) is 0 Å². The van der Waals surface area contributed by atoms with Crippen LogP contribution in [0.15, 0.2) is 42.5 Å². The molecule has 2 aromatic rings. The Bertz CT molecular complexity index is 893. The molecule has 4 rings (SSSR count). The lowest BCUT2D eigenvalue weighted by atomic mass is 9.84. The zero-order valence-corrected chi connectivity index (χ0v) is 17.1. The molecule has 0 unspecified atom stereocenters. The summed E-state index contributed by atoms with van der Waals surface area (Å²) in [6.07, 6.45) is -3.55. The molecule has 0 aromatic heterocycles. The Labute approximate surface area is 179 Å². The summed E-state index contributed by atoms with van der Waals surface area (Å²) in [5.74, 6) is 1.30. The molecule has 1 fully saturated rings. The molecule has 1 atom stereocenters. The van der Waals surface area contributed by atoms with Crippen LogP contribution in [0.1, 0.15) is 42.1 Å². The van der Waals surface area contributed by atoms with Crippen LogP contribution in [0.4, 0.5) is 13.2 Å². The Morgan fingerprint density at radius 2 is 1.61 bits per heavy atom. The second kappa shape index (κ2) is 8.68. The summed E-state index contributed by atoms with van der Waals surface area (Å²) >= 11 is 0. The minimum atomic E-state index is -4.40. The lowest BCUT2D eigenvalue weighted by Gasteiger charge is -2.39. The van der Waals surface area contributed by atoms with Crippen molar-refractivity contribution in [3.8, 4) is 11.5 Å². The van der Waals surface area contributed by atoms with Crippen molar-refractivity contribution in [1.29, 1.82) is 0 Å². The van der Waals surface area contributed by atoms with Crippen molar-refractivity contribution in [3.05, 3.63) is 59.2 Å². The smallest absolute Gasteiger partial charge is 0.416 e. The standard InChI is InChI=1S/C23H26F3NO4/c24-23(25,26)18-5-3-17(4-6-18)22(29)8-10-27(11-9-22)15-19(28)16-2-7-20-21(14-16)31-13-1-12-30-20/h2-7,14,19,28-29H,1,8-13,15H2/t19-/m0/s1. The van der Waals surface area contributed by atoms with E-state index in [1.807, 2.05) is 11.0 Å². The second-order valence-electron chi connectivity index (χ2n) is 8.18. The van der Waals surface area contributed by atoms with Gasteiger partial charge in [0, 0.05) is 26.1 Å². The summed E-state index contributed by atoms with van der Waals surface area (Å²) in [4.78, 5) is 2.05. The SMILES string of the molecule is O[C@@H](CN1CCC(O)(c2ccc(C(F)(F)F)cc2)CC1)c1ccc2c(c1)OCCCO2. The molecule has 2 aliphatic heterocycles. The van der Waals surface area contributed by atoms with Crippen molar-refractivity contribution in [2.45, 2.75) is 37.1 Å². The number of likely N-dealkylation sites (tertiary alicyclic amines) is 1. The number of aliphatic hydroxyl groups excluding tert-OH is 1. The Hall–Kier alpha value is -2.29. The molecule has 2 heterocycles. The molecule has 0 bridgehead atoms. The fraction of sp³-hybridized carbons (Fsp3) is 0.478. The highest BCUT2D eigenvalue weighted by Crippen LogP contribution is 2.37. The van der Waals surface area contributed by atoms with Crippen LogP contribution in [-0.2, 0) is 11.8 Å². The number of rotatable bonds is 4. The van der Waals surface area contributed by atoms with Crippen molar-refractivity contribution < 1.29 is 32.9 Å². The topological polar surface area (TPSA) is 62.2 Å². The van der Waals surface area contributed by atoms with Gasteiger partial charge in [-0.25, -0.2) is 0 Å². The van der Waals surface area contributed by atoms with Crippen molar-refractivity contribution in [2.24, 2.45) is 0 Å². The summed E-state index contributed by atoms with van der Waals surface area (Å²) in [7, 11) is 0. The Morgan fingerprint density at radius 1 is 0.968 bits per heavy atom. The highest BCUT2D eigenvalue weighted by molar-refractivity contribution is 5.44. The third-order valence-electron chi connectivity index (χ3n) is 6.02. The summed E-state index contributed by atoms with van der Waals surface area (Å²) in [5, 5.41) is 21.7. The molecule has 1 saturated heterocycles. The zero-order valence-electron chi connectivity index (χ0n) is 17.1. The maximum atomic E-state index is 12.8. The molecule has 0 spiro atoms. The zero-order chi connectivity index (χ0) is 22.1. The molecular weight excluding hydrogens is 411 g/mol. The fourth-order valence-electron chi connectivity index (χ4n) is 4.10. The van der Waals surface area contributed by atoms with Crippen molar-refractivity contribution in [2.75, 3.05) is 32.8 Å². The van der Waals surface area contributed by atoms with Crippen LogP contribution in [0.25, 0.3) is 0 Å². The van der Waals surface area contributed by atoms with Crippen LogP contribution in [0.5, 0.6) is 11.5 Å². The Kier molecular flexibility index (Phi) is 6.14. The molecular formula is C23H26F3NO4. The van der Waals surface area contributed by atoms with Gasteiger partial charge in [0.05, 0.1) is 30.5 Å². The van der Waals surface area contributed by atoms with Gasteiger partial charge >= 0.3 is 6.18 Å². The monoisotopic (exact) mass is 437 g/mol. The van der Waals surface area contributed by atoms with Gasteiger partial charge in [0.1, 0.15) is 0 Å². The molecule has 2 aliphatic rings. The van der Waals surface area contributed by atoms with E-state index < -0.39 is 23.4 Å². The molecule has 2 aromatic carbocycles. The molecule has 168 valence electrons. The number of hydrogen-bond donors (Lipinski definition) is 2. The largest absolute Gasteiger partial charge is 0.490 e. The first kappa shape index (κ1) is 21.9. The quantitative estimate of drug-likeness (QED) is 0.760. The Balaban J connectivity index is 1.36. The summed E-state index contributed by atoms with van der Waals surface area (Å²) in [6.45, 7) is 2.62. The maximum absolute atomic E-state index is 12.8. The Morgan fingerprint density at radius 3 is 2.26 bits per heavy atom. The van der Waals surface area contributed by atoms with Gasteiger partial charge in [-0.15, -0.1) is 0 Å². The predicted molar refractivity (Wildman–Crippen MR) is 108 cm³/mol. The first-order valence-corrected chi connectivity index (χ1v) is 10.4. The number of aliphatic hydroxyl groups is 2. The van der Waals surface area contributed by atoms with Gasteiger partial charge in [-0.2, -0.15) is 13.2 Å². The van der Waals surface area contributed by atoms with E-state index in [1.54, 1.807) is 12.1 Å². The lowest BCUT2D eigenvalue weighted by molar-refractivity contribution is -0.137. The number of fused-ring (bicyclic) bond motifs is 1. The van der Waals surface area contributed by atoms with E-state index in [4.69, 9.17) is 9.47 Å². The minimum Gasteiger partial charge on any atom is -0.490 e. The average Bonchev–Trinajstić information content (AvgIpc) is 3.00. The molecule has 5 nitrogen and oxygen atoms in total. The molecule has 31 heavy (non-hydrogen) atoms. The summed E-state index contributed by atoms with van der Waals surface area (Å²) < 4.78 is 49.6. The van der Waals surface area contributed by atoms with Gasteiger partial charge in [0.25, 0.3) is 0 Å². The molecule has 0 amide bonds. The fourth-order valence-corrected chi connectivity index (χ4v) is 4.10. The lowest BCUT2D eigenvalue weighted by Crippen LogP contribution is -2.44. The second-order valence-corrected chi connectivity index (χ2v) is 8.18. The van der Waals surface area contributed by atoms with Crippen molar-refractivity contribution >= 4 is 0 Å². The first-order valence-electron chi connectivity index (χ1n) is 10.4. The highest BCUT2D eigenvalue weighted by atomic mass is 19.4. The maximum Gasteiger partial charge on any atom is 0.416 e. The van der Waals surface area contributed by atoms with E-state index in [0.29, 0.717) is 62.8 Å². The van der Waals surface area contributed by atoms with Gasteiger partial charge in [-0.1, -0.05) is 18.2 Å². The predicted octanol–water partition coefficient (Wildman–Crippen LogP) is 3.88.